The molecule has 6 nitrogen and oxygen atoms in total. The first kappa shape index (κ1) is 18.4. The summed E-state index contributed by atoms with van der Waals surface area (Å²) in [6.45, 7) is 3.61. The van der Waals surface area contributed by atoms with E-state index in [0.717, 1.165) is 11.1 Å². The Morgan fingerprint density at radius 3 is 2.43 bits per heavy atom. The summed E-state index contributed by atoms with van der Waals surface area (Å²) in [4.78, 5) is 40.6. The number of imide groups is 1. The molecular weight excluding hydrogens is 356 g/mol. The maximum atomic E-state index is 13.4. The number of rotatable bonds is 3. The summed E-state index contributed by atoms with van der Waals surface area (Å²) in [5.41, 5.74) is 1.14. The normalized spacial score (nSPS) is 29.1. The van der Waals surface area contributed by atoms with Gasteiger partial charge in [-0.25, -0.2) is 4.90 Å². The third-order valence-corrected chi connectivity index (χ3v) is 5.81. The molecule has 2 fully saturated rings. The molecular formula is C22H22N2O4. The summed E-state index contributed by atoms with van der Waals surface area (Å²) in [7, 11) is 1.29. The highest BCUT2D eigenvalue weighted by molar-refractivity contribution is 6.24. The molecule has 2 aromatic carbocycles. The van der Waals surface area contributed by atoms with E-state index in [1.165, 1.54) is 12.0 Å². The molecule has 0 saturated carbocycles. The van der Waals surface area contributed by atoms with Crippen LogP contribution >= 0.6 is 0 Å². The number of carbonyl (C=O) groups excluding carboxylic acids is 3. The second-order valence-electron chi connectivity index (χ2n) is 7.58. The first-order valence-electron chi connectivity index (χ1n) is 9.24. The van der Waals surface area contributed by atoms with Crippen molar-refractivity contribution in [2.45, 2.75) is 25.4 Å². The molecule has 6 heteroatoms. The number of nitrogens with one attached hydrogen (secondary N) is 1. The fourth-order valence-electron chi connectivity index (χ4n) is 4.52. The first-order valence-corrected chi connectivity index (χ1v) is 9.24. The number of nitrogens with zero attached hydrogens (tertiary/aromatic N) is 1. The molecule has 0 aromatic heterocycles. The lowest BCUT2D eigenvalue weighted by Crippen LogP contribution is -2.54. The average Bonchev–Trinajstić information content (AvgIpc) is 3.16. The van der Waals surface area contributed by atoms with Crippen LogP contribution in [0, 0.1) is 18.8 Å². The van der Waals surface area contributed by atoms with Gasteiger partial charge in [-0.05, 0) is 31.5 Å². The number of carbonyl (C=O) groups is 3. The third kappa shape index (κ3) is 2.56. The van der Waals surface area contributed by atoms with Crippen LogP contribution in [0.15, 0.2) is 54.6 Å². The van der Waals surface area contributed by atoms with E-state index < -0.39 is 29.4 Å². The minimum Gasteiger partial charge on any atom is -0.468 e. The summed E-state index contributed by atoms with van der Waals surface area (Å²) in [5, 5.41) is 3.25. The molecule has 0 aliphatic carbocycles. The second-order valence-corrected chi connectivity index (χ2v) is 7.58. The van der Waals surface area contributed by atoms with E-state index in [4.69, 9.17) is 4.74 Å². The van der Waals surface area contributed by atoms with E-state index in [1.807, 2.05) is 37.3 Å². The maximum Gasteiger partial charge on any atom is 0.326 e. The van der Waals surface area contributed by atoms with Crippen LogP contribution in [0.5, 0.6) is 0 Å². The first-order chi connectivity index (χ1) is 13.4. The van der Waals surface area contributed by atoms with Gasteiger partial charge in [0.1, 0.15) is 5.54 Å². The lowest BCUT2D eigenvalue weighted by molar-refractivity contribution is -0.151. The van der Waals surface area contributed by atoms with Crippen molar-refractivity contribution < 1.29 is 19.1 Å². The largest absolute Gasteiger partial charge is 0.468 e. The Morgan fingerprint density at radius 1 is 1.07 bits per heavy atom. The van der Waals surface area contributed by atoms with Gasteiger partial charge in [-0.3, -0.25) is 19.7 Å². The van der Waals surface area contributed by atoms with Gasteiger partial charge in [-0.1, -0.05) is 48.0 Å². The van der Waals surface area contributed by atoms with Crippen LogP contribution in [0.25, 0.3) is 0 Å². The Hall–Kier alpha value is -2.99. The monoisotopic (exact) mass is 378 g/mol. The van der Waals surface area contributed by atoms with Gasteiger partial charge in [0.25, 0.3) is 0 Å². The molecule has 0 bridgehead atoms. The number of esters is 1. The highest BCUT2D eigenvalue weighted by Crippen LogP contribution is 2.49. The number of benzene rings is 2. The minimum absolute atomic E-state index is 0.298. The Bertz CT molecular complexity index is 958. The van der Waals surface area contributed by atoms with Gasteiger partial charge >= 0.3 is 5.97 Å². The van der Waals surface area contributed by atoms with Crippen LogP contribution < -0.4 is 10.2 Å². The molecule has 2 aromatic rings. The molecule has 4 rings (SSSR count). The molecule has 4 atom stereocenters. The van der Waals surface area contributed by atoms with E-state index in [2.05, 4.69) is 5.32 Å². The van der Waals surface area contributed by atoms with E-state index in [-0.39, 0.29) is 11.8 Å². The maximum absolute atomic E-state index is 13.4. The zero-order valence-corrected chi connectivity index (χ0v) is 16.0. The van der Waals surface area contributed by atoms with Gasteiger partial charge in [-0.15, -0.1) is 0 Å². The van der Waals surface area contributed by atoms with Gasteiger partial charge in [0, 0.05) is 6.04 Å². The molecule has 2 heterocycles. The highest BCUT2D eigenvalue weighted by Gasteiger charge is 2.67. The van der Waals surface area contributed by atoms with Gasteiger partial charge in [0.2, 0.25) is 11.8 Å². The Morgan fingerprint density at radius 2 is 1.79 bits per heavy atom. The van der Waals surface area contributed by atoms with Crippen LogP contribution in [0.4, 0.5) is 5.69 Å². The molecule has 2 aliphatic rings. The van der Waals surface area contributed by atoms with Gasteiger partial charge in [-0.2, -0.15) is 0 Å². The van der Waals surface area contributed by atoms with Crippen LogP contribution in [0.1, 0.15) is 24.1 Å². The SMILES string of the molecule is COC(=O)C1(C)NC(c2cccc(C)c2)C2C(=O)N(c3ccccc3)C(=O)C21. The Labute approximate surface area is 163 Å². The number of para-hydroxylation sites is 1. The van der Waals surface area contributed by atoms with E-state index in [0.29, 0.717) is 5.69 Å². The van der Waals surface area contributed by atoms with Crippen molar-refractivity contribution in [3.63, 3.8) is 0 Å². The molecule has 144 valence electrons. The van der Waals surface area contributed by atoms with Crippen LogP contribution in [-0.2, 0) is 19.1 Å². The minimum atomic E-state index is -1.29. The van der Waals surface area contributed by atoms with Gasteiger partial charge in [0.05, 0.1) is 24.6 Å². The predicted molar refractivity (Wildman–Crippen MR) is 103 cm³/mol. The predicted octanol–water partition coefficient (Wildman–Crippen LogP) is 2.38. The van der Waals surface area contributed by atoms with Crippen molar-refractivity contribution in [1.29, 1.82) is 0 Å². The zero-order valence-electron chi connectivity index (χ0n) is 16.0. The fraction of sp³-hybridized carbons (Fsp3) is 0.318. The highest BCUT2D eigenvalue weighted by atomic mass is 16.5. The molecule has 4 unspecified atom stereocenters. The zero-order chi connectivity index (χ0) is 20.1. The number of hydrogen-bond acceptors (Lipinski definition) is 5. The lowest BCUT2D eigenvalue weighted by atomic mass is 9.80. The number of aryl methyl sites for hydroxylation is 1. The molecule has 2 aliphatic heterocycles. The second kappa shape index (κ2) is 6.56. The van der Waals surface area contributed by atoms with Crippen molar-refractivity contribution in [3.8, 4) is 0 Å². The Balaban J connectivity index is 1.84. The summed E-state index contributed by atoms with van der Waals surface area (Å²) in [6.07, 6.45) is 0. The number of hydrogen-bond donors (Lipinski definition) is 1. The number of anilines is 1. The number of fused-ring (bicyclic) bond motifs is 1. The van der Waals surface area contributed by atoms with Crippen molar-refractivity contribution in [1.82, 2.24) is 5.32 Å². The van der Waals surface area contributed by atoms with Crippen molar-refractivity contribution in [2.75, 3.05) is 12.0 Å². The van der Waals surface area contributed by atoms with Crippen molar-refractivity contribution in [3.05, 3.63) is 65.7 Å². The van der Waals surface area contributed by atoms with Crippen LogP contribution in [-0.4, -0.2) is 30.4 Å². The molecule has 1 N–H and O–H groups in total. The standard InChI is InChI=1S/C22H22N2O4/c1-13-8-7-9-14(12-13)18-16-17(22(2,23-18)21(27)28-3)20(26)24(19(16)25)15-10-5-4-6-11-15/h4-12,16-18,23H,1-3H3. The average molecular weight is 378 g/mol. The van der Waals surface area contributed by atoms with E-state index in [9.17, 15) is 14.4 Å². The summed E-state index contributed by atoms with van der Waals surface area (Å²) < 4.78 is 4.99. The topological polar surface area (TPSA) is 75.7 Å². The van der Waals surface area contributed by atoms with Crippen molar-refractivity contribution >= 4 is 23.5 Å². The summed E-state index contributed by atoms with van der Waals surface area (Å²) in [5.74, 6) is -2.74. The van der Waals surface area contributed by atoms with Gasteiger partial charge in [0.15, 0.2) is 0 Å². The third-order valence-electron chi connectivity index (χ3n) is 5.81. The van der Waals surface area contributed by atoms with Crippen LogP contribution in [0.2, 0.25) is 0 Å². The molecule has 2 saturated heterocycles. The lowest BCUT2D eigenvalue weighted by Gasteiger charge is -2.28. The number of ether oxygens (including phenoxy) is 1. The molecule has 28 heavy (non-hydrogen) atoms. The molecule has 2 amide bonds. The fourth-order valence-corrected chi connectivity index (χ4v) is 4.52. The van der Waals surface area contributed by atoms with E-state index >= 15 is 0 Å². The Kier molecular flexibility index (Phi) is 4.31. The summed E-state index contributed by atoms with van der Waals surface area (Å²) in [6, 6.07) is 16.1. The van der Waals surface area contributed by atoms with Crippen LogP contribution in [0.3, 0.4) is 0 Å². The van der Waals surface area contributed by atoms with E-state index in [1.54, 1.807) is 31.2 Å². The quantitative estimate of drug-likeness (QED) is 0.656. The molecule has 0 spiro atoms. The van der Waals surface area contributed by atoms with Gasteiger partial charge < -0.3 is 4.74 Å². The van der Waals surface area contributed by atoms with Crippen molar-refractivity contribution in [2.24, 2.45) is 11.8 Å². The number of methoxy groups -OCH3 is 1. The number of amides is 2. The smallest absolute Gasteiger partial charge is 0.326 e. The molecule has 0 radical (unpaired) electrons. The summed E-state index contributed by atoms with van der Waals surface area (Å²) >= 11 is 0.